The number of carbonyl (C=O) groups is 2. The minimum absolute atomic E-state index is 0.190. The van der Waals surface area contributed by atoms with Crippen LogP contribution in [0.4, 0.5) is 0 Å². The standard InChI is InChI=1S/C13H15BrO4/c1-7(14)9-6-17-13(3)5-4-10(16)12(11(9)13)18-8(2)15/h4-5,11-12H,6H2,1-3H3/b9-7+/t11-,12+,13+/m0/s1. The second-order valence-electron chi connectivity index (χ2n) is 4.77. The van der Waals surface area contributed by atoms with Crippen molar-refractivity contribution in [3.8, 4) is 0 Å². The summed E-state index contributed by atoms with van der Waals surface area (Å²) >= 11 is 3.42. The van der Waals surface area contributed by atoms with E-state index >= 15 is 0 Å². The first kappa shape index (κ1) is 13.5. The van der Waals surface area contributed by atoms with E-state index in [4.69, 9.17) is 9.47 Å². The average Bonchev–Trinajstić information content (AvgIpc) is 2.61. The summed E-state index contributed by atoms with van der Waals surface area (Å²) in [5.74, 6) is -0.896. The first-order valence-corrected chi connectivity index (χ1v) is 6.54. The molecule has 0 radical (unpaired) electrons. The third-order valence-electron chi connectivity index (χ3n) is 3.43. The molecule has 1 aliphatic heterocycles. The maximum absolute atomic E-state index is 11.9. The van der Waals surface area contributed by atoms with Crippen molar-refractivity contribution in [3.05, 3.63) is 22.2 Å². The van der Waals surface area contributed by atoms with Crippen LogP contribution in [0.1, 0.15) is 20.8 Å². The van der Waals surface area contributed by atoms with Crippen LogP contribution in [0.5, 0.6) is 0 Å². The Labute approximate surface area is 114 Å². The van der Waals surface area contributed by atoms with Crippen LogP contribution < -0.4 is 0 Å². The topological polar surface area (TPSA) is 52.6 Å². The third-order valence-corrected chi connectivity index (χ3v) is 3.94. The van der Waals surface area contributed by atoms with Crippen LogP contribution in [0.3, 0.4) is 0 Å². The van der Waals surface area contributed by atoms with Crippen molar-refractivity contribution >= 4 is 27.7 Å². The molecule has 0 N–H and O–H groups in total. The quantitative estimate of drug-likeness (QED) is 0.696. The zero-order chi connectivity index (χ0) is 13.5. The Morgan fingerprint density at radius 1 is 1.56 bits per heavy atom. The summed E-state index contributed by atoms with van der Waals surface area (Å²) in [6.45, 7) is 5.55. The molecule has 3 atom stereocenters. The summed E-state index contributed by atoms with van der Waals surface area (Å²) in [6.07, 6.45) is 2.40. The highest BCUT2D eigenvalue weighted by atomic mass is 79.9. The molecule has 1 fully saturated rings. The highest BCUT2D eigenvalue weighted by Crippen LogP contribution is 2.45. The fourth-order valence-corrected chi connectivity index (χ4v) is 2.88. The van der Waals surface area contributed by atoms with Gasteiger partial charge in [0.15, 0.2) is 11.9 Å². The van der Waals surface area contributed by atoms with E-state index < -0.39 is 17.7 Å². The van der Waals surface area contributed by atoms with Gasteiger partial charge in [-0.1, -0.05) is 15.9 Å². The normalized spacial score (nSPS) is 37.4. The van der Waals surface area contributed by atoms with Crippen LogP contribution in [0.25, 0.3) is 0 Å². The lowest BCUT2D eigenvalue weighted by atomic mass is 9.76. The largest absolute Gasteiger partial charge is 0.453 e. The Kier molecular flexibility index (Phi) is 3.47. The smallest absolute Gasteiger partial charge is 0.303 e. The number of ether oxygens (including phenoxy) is 2. The molecule has 0 aromatic carbocycles. The average molecular weight is 315 g/mol. The van der Waals surface area contributed by atoms with Crippen molar-refractivity contribution in [1.82, 2.24) is 0 Å². The van der Waals surface area contributed by atoms with E-state index in [2.05, 4.69) is 15.9 Å². The minimum atomic E-state index is -0.789. The van der Waals surface area contributed by atoms with Crippen molar-refractivity contribution in [2.75, 3.05) is 6.61 Å². The van der Waals surface area contributed by atoms with Gasteiger partial charge in [-0.25, -0.2) is 0 Å². The molecule has 0 spiro atoms. The van der Waals surface area contributed by atoms with E-state index in [0.717, 1.165) is 10.1 Å². The van der Waals surface area contributed by atoms with Crippen molar-refractivity contribution in [3.63, 3.8) is 0 Å². The van der Waals surface area contributed by atoms with E-state index in [1.807, 2.05) is 13.8 Å². The fraction of sp³-hybridized carbons (Fsp3) is 0.538. The van der Waals surface area contributed by atoms with Crippen molar-refractivity contribution in [2.45, 2.75) is 32.5 Å². The maximum Gasteiger partial charge on any atom is 0.303 e. The molecule has 1 saturated heterocycles. The SMILES string of the molecule is CC(=O)O[C@@H]1C(=O)C=C[C@@]2(C)OC/C(=C(/C)Br)[C@@H]12. The molecule has 0 aromatic rings. The van der Waals surface area contributed by atoms with E-state index in [1.165, 1.54) is 13.0 Å². The molecule has 0 amide bonds. The number of hydrogen-bond donors (Lipinski definition) is 0. The number of hydrogen-bond acceptors (Lipinski definition) is 4. The van der Waals surface area contributed by atoms with Gasteiger partial charge in [-0.2, -0.15) is 0 Å². The molecule has 98 valence electrons. The van der Waals surface area contributed by atoms with Crippen molar-refractivity contribution in [1.29, 1.82) is 0 Å². The van der Waals surface area contributed by atoms with Crippen LogP contribution in [0.15, 0.2) is 22.2 Å². The highest BCUT2D eigenvalue weighted by Gasteiger charge is 2.52. The lowest BCUT2D eigenvalue weighted by molar-refractivity contribution is -0.157. The molecule has 0 saturated carbocycles. The number of ketones is 1. The van der Waals surface area contributed by atoms with Gasteiger partial charge in [-0.15, -0.1) is 0 Å². The second-order valence-corrected chi connectivity index (χ2v) is 5.96. The van der Waals surface area contributed by atoms with Gasteiger partial charge in [-0.3, -0.25) is 9.59 Å². The minimum Gasteiger partial charge on any atom is -0.453 e. The van der Waals surface area contributed by atoms with Gasteiger partial charge in [0, 0.05) is 6.92 Å². The number of carbonyl (C=O) groups excluding carboxylic acids is 2. The van der Waals surface area contributed by atoms with Gasteiger partial charge >= 0.3 is 5.97 Å². The van der Waals surface area contributed by atoms with Gasteiger partial charge in [-0.05, 0) is 36.1 Å². The van der Waals surface area contributed by atoms with Gasteiger partial charge < -0.3 is 9.47 Å². The van der Waals surface area contributed by atoms with Crippen LogP contribution in [0.2, 0.25) is 0 Å². The second kappa shape index (κ2) is 4.63. The van der Waals surface area contributed by atoms with Crippen molar-refractivity contribution in [2.24, 2.45) is 5.92 Å². The molecule has 0 unspecified atom stereocenters. The summed E-state index contributed by atoms with van der Waals surface area (Å²) in [5, 5.41) is 0. The molecular weight excluding hydrogens is 300 g/mol. The predicted molar refractivity (Wildman–Crippen MR) is 69.2 cm³/mol. The third kappa shape index (κ3) is 2.17. The molecular formula is C13H15BrO4. The lowest BCUT2D eigenvalue weighted by Crippen LogP contribution is -2.47. The zero-order valence-electron chi connectivity index (χ0n) is 10.5. The molecule has 1 aliphatic carbocycles. The van der Waals surface area contributed by atoms with Crippen LogP contribution in [-0.4, -0.2) is 30.1 Å². The summed E-state index contributed by atoms with van der Waals surface area (Å²) in [6, 6.07) is 0. The predicted octanol–water partition coefficient (Wildman–Crippen LogP) is 2.13. The number of fused-ring (bicyclic) bond motifs is 1. The number of halogens is 1. The van der Waals surface area contributed by atoms with Crippen LogP contribution >= 0.6 is 15.9 Å². The zero-order valence-corrected chi connectivity index (χ0v) is 12.1. The Hall–Kier alpha value is -0.940. The number of rotatable bonds is 1. The van der Waals surface area contributed by atoms with Crippen molar-refractivity contribution < 1.29 is 19.1 Å². The molecule has 0 aromatic heterocycles. The Morgan fingerprint density at radius 3 is 2.78 bits per heavy atom. The van der Waals surface area contributed by atoms with E-state index in [1.54, 1.807) is 6.08 Å². The monoisotopic (exact) mass is 314 g/mol. The molecule has 0 bridgehead atoms. The van der Waals surface area contributed by atoms with Crippen LogP contribution in [-0.2, 0) is 19.1 Å². The highest BCUT2D eigenvalue weighted by molar-refractivity contribution is 9.11. The summed E-state index contributed by atoms with van der Waals surface area (Å²) in [7, 11) is 0. The van der Waals surface area contributed by atoms with Gasteiger partial charge in [0.1, 0.15) is 0 Å². The Balaban J connectivity index is 2.45. The van der Waals surface area contributed by atoms with E-state index in [-0.39, 0.29) is 11.7 Å². The summed E-state index contributed by atoms with van der Waals surface area (Å²) in [5.41, 5.74) is 0.389. The summed E-state index contributed by atoms with van der Waals surface area (Å²) < 4.78 is 11.9. The van der Waals surface area contributed by atoms with E-state index in [0.29, 0.717) is 6.61 Å². The maximum atomic E-state index is 11.9. The Morgan fingerprint density at radius 2 is 2.22 bits per heavy atom. The van der Waals surface area contributed by atoms with Gasteiger partial charge in [0.2, 0.25) is 0 Å². The lowest BCUT2D eigenvalue weighted by Gasteiger charge is -2.35. The van der Waals surface area contributed by atoms with Gasteiger partial charge in [0.25, 0.3) is 0 Å². The Bertz CT molecular complexity index is 462. The molecule has 1 heterocycles. The van der Waals surface area contributed by atoms with Crippen LogP contribution in [0, 0.1) is 5.92 Å². The van der Waals surface area contributed by atoms with E-state index in [9.17, 15) is 9.59 Å². The summed E-state index contributed by atoms with van der Waals surface area (Å²) in [4.78, 5) is 23.1. The fourth-order valence-electron chi connectivity index (χ4n) is 2.52. The molecule has 2 aliphatic rings. The molecule has 18 heavy (non-hydrogen) atoms. The molecule has 2 rings (SSSR count). The number of esters is 1. The first-order chi connectivity index (χ1) is 8.35. The first-order valence-electron chi connectivity index (χ1n) is 5.74. The number of allylic oxidation sites excluding steroid dienone is 1. The van der Waals surface area contributed by atoms with Gasteiger partial charge in [0.05, 0.1) is 18.1 Å². The molecule has 5 heteroatoms. The molecule has 4 nitrogen and oxygen atoms in total.